The van der Waals surface area contributed by atoms with Crippen molar-refractivity contribution in [1.29, 1.82) is 0 Å². The summed E-state index contributed by atoms with van der Waals surface area (Å²) >= 11 is 6.19. The Bertz CT molecular complexity index is 1370. The van der Waals surface area contributed by atoms with Crippen LogP contribution < -0.4 is 20.7 Å². The third-order valence-electron chi connectivity index (χ3n) is 7.11. The number of benzene rings is 2. The van der Waals surface area contributed by atoms with Gasteiger partial charge in [-0.05, 0) is 37.2 Å². The third kappa shape index (κ3) is 6.78. The van der Waals surface area contributed by atoms with E-state index in [1.807, 2.05) is 42.3 Å². The van der Waals surface area contributed by atoms with Gasteiger partial charge in [0.15, 0.2) is 0 Å². The number of carbonyl (C=O) groups is 3. The number of ether oxygens (including phenoxy) is 1. The summed E-state index contributed by atoms with van der Waals surface area (Å²) in [6, 6.07) is 12.9. The number of amides is 3. The molecule has 5 rings (SSSR count). The second kappa shape index (κ2) is 12.5. The second-order valence-corrected chi connectivity index (χ2v) is 10.6. The first kappa shape index (κ1) is 27.6. The van der Waals surface area contributed by atoms with Crippen LogP contribution in [0.3, 0.4) is 0 Å². The average molecular weight is 566 g/mol. The van der Waals surface area contributed by atoms with Crippen molar-refractivity contribution < 1.29 is 19.1 Å². The van der Waals surface area contributed by atoms with E-state index in [2.05, 4.69) is 26.3 Å². The first-order chi connectivity index (χ1) is 19.4. The lowest BCUT2D eigenvalue weighted by Crippen LogP contribution is -2.52. The van der Waals surface area contributed by atoms with Crippen LogP contribution in [0.4, 0.5) is 0 Å². The normalized spacial score (nSPS) is 22.9. The molecule has 1 aromatic heterocycles. The largest absolute Gasteiger partial charge is 0.493 e. The van der Waals surface area contributed by atoms with E-state index in [1.54, 1.807) is 29.1 Å². The van der Waals surface area contributed by atoms with E-state index in [0.717, 1.165) is 5.56 Å². The number of likely N-dealkylation sites (N-methyl/N-ethyl adjacent to an activating group) is 1. The van der Waals surface area contributed by atoms with Crippen molar-refractivity contribution >= 4 is 29.3 Å². The first-order valence-electron chi connectivity index (χ1n) is 13.3. The van der Waals surface area contributed by atoms with E-state index in [4.69, 9.17) is 16.3 Å². The highest BCUT2D eigenvalue weighted by Crippen LogP contribution is 2.25. The summed E-state index contributed by atoms with van der Waals surface area (Å²) in [6.07, 6.45) is 3.11. The number of fused-ring (bicyclic) bond motifs is 5. The quantitative estimate of drug-likeness (QED) is 0.430. The summed E-state index contributed by atoms with van der Waals surface area (Å²) in [4.78, 5) is 41.8. The number of aryl methyl sites for hydroxylation is 1. The van der Waals surface area contributed by atoms with Gasteiger partial charge in [0.1, 0.15) is 17.5 Å². The lowest BCUT2D eigenvalue weighted by molar-refractivity contribution is -0.131. The fourth-order valence-corrected chi connectivity index (χ4v) is 5.20. The van der Waals surface area contributed by atoms with Crippen LogP contribution in [0.1, 0.15) is 34.5 Å². The number of halogens is 1. The number of hydrogen-bond donors (Lipinski definition) is 3. The second-order valence-electron chi connectivity index (χ2n) is 10.1. The molecule has 0 aliphatic carbocycles. The van der Waals surface area contributed by atoms with E-state index in [1.165, 1.54) is 0 Å². The molecule has 0 spiro atoms. The minimum absolute atomic E-state index is 0.180. The Labute approximate surface area is 237 Å². The summed E-state index contributed by atoms with van der Waals surface area (Å²) in [5, 5.41) is 17.6. The van der Waals surface area contributed by atoms with Gasteiger partial charge in [-0.2, -0.15) is 0 Å². The minimum atomic E-state index is -0.786. The zero-order valence-electron chi connectivity index (χ0n) is 22.2. The molecular weight excluding hydrogens is 534 g/mol. The molecule has 3 atom stereocenters. The maximum Gasteiger partial charge on any atom is 0.255 e. The van der Waals surface area contributed by atoms with Crippen molar-refractivity contribution in [2.75, 3.05) is 20.2 Å². The van der Waals surface area contributed by atoms with Gasteiger partial charge in [-0.3, -0.25) is 24.0 Å². The van der Waals surface area contributed by atoms with Crippen molar-refractivity contribution in [3.63, 3.8) is 0 Å². The fourth-order valence-electron chi connectivity index (χ4n) is 5.04. The van der Waals surface area contributed by atoms with E-state index >= 15 is 0 Å². The van der Waals surface area contributed by atoms with Gasteiger partial charge in [0.05, 0.1) is 31.0 Å². The third-order valence-corrected chi connectivity index (χ3v) is 7.34. The molecule has 1 saturated heterocycles. The monoisotopic (exact) mass is 565 g/mol. The van der Waals surface area contributed by atoms with Crippen LogP contribution >= 0.6 is 11.6 Å². The summed E-state index contributed by atoms with van der Waals surface area (Å²) in [7, 11) is 1.83. The smallest absolute Gasteiger partial charge is 0.255 e. The maximum atomic E-state index is 13.4. The zero-order valence-corrected chi connectivity index (χ0v) is 22.9. The Balaban J connectivity index is 1.38. The molecular formula is C28H32ClN7O4. The molecule has 11 nitrogen and oxygen atoms in total. The molecule has 3 N–H and O–H groups in total. The Morgan fingerprint density at radius 2 is 1.90 bits per heavy atom. The molecule has 210 valence electrons. The van der Waals surface area contributed by atoms with Gasteiger partial charge >= 0.3 is 0 Å². The number of aromatic nitrogens is 3. The van der Waals surface area contributed by atoms with Gasteiger partial charge < -0.3 is 20.7 Å². The van der Waals surface area contributed by atoms with Crippen LogP contribution in [0, 0.1) is 0 Å². The van der Waals surface area contributed by atoms with Crippen LogP contribution in [-0.4, -0.2) is 75.9 Å². The van der Waals surface area contributed by atoms with Crippen LogP contribution in [-0.2, 0) is 29.1 Å². The maximum absolute atomic E-state index is 13.4. The molecule has 0 saturated carbocycles. The van der Waals surface area contributed by atoms with Crippen molar-refractivity contribution in [3.8, 4) is 5.75 Å². The van der Waals surface area contributed by atoms with E-state index in [9.17, 15) is 14.4 Å². The molecule has 0 unspecified atom stereocenters. The van der Waals surface area contributed by atoms with Crippen molar-refractivity contribution in [3.05, 3.63) is 76.6 Å². The Morgan fingerprint density at radius 1 is 1.07 bits per heavy atom. The van der Waals surface area contributed by atoms with Gasteiger partial charge in [-0.1, -0.05) is 47.1 Å². The minimum Gasteiger partial charge on any atom is -0.493 e. The number of nitrogens with one attached hydrogen (secondary N) is 3. The molecule has 12 heteroatoms. The highest BCUT2D eigenvalue weighted by molar-refractivity contribution is 6.30. The molecule has 2 aliphatic rings. The van der Waals surface area contributed by atoms with Crippen LogP contribution in [0.2, 0.25) is 5.02 Å². The Hall–Kier alpha value is -3.96. The van der Waals surface area contributed by atoms with E-state index in [-0.39, 0.29) is 30.3 Å². The highest BCUT2D eigenvalue weighted by atomic mass is 35.5. The van der Waals surface area contributed by atoms with Gasteiger partial charge in [0.2, 0.25) is 11.8 Å². The van der Waals surface area contributed by atoms with Crippen molar-refractivity contribution in [2.45, 2.75) is 50.5 Å². The Kier molecular flexibility index (Phi) is 8.61. The van der Waals surface area contributed by atoms with Crippen LogP contribution in [0.5, 0.6) is 5.75 Å². The number of carbonyl (C=O) groups excluding carboxylic acids is 3. The zero-order chi connectivity index (χ0) is 28.1. The standard InChI is InChI=1S/C28H32ClN7O4/c1-35-16-20-14-24(35)28(39)32-23(12-18-6-3-2-4-7-18)27(38)30-15-21-17-36(34-33-21)10-5-11-40-25-13-19(29)8-9-22(25)26(37)31-20/h2-4,6-9,13,17,20,23-24H,5,10-12,14-16H2,1H3,(H,30,38)(H,31,37)(H,32,39)/t20-,23-,24-/m0/s1. The van der Waals surface area contributed by atoms with Gasteiger partial charge in [0.25, 0.3) is 5.91 Å². The number of hydrogen-bond acceptors (Lipinski definition) is 7. The van der Waals surface area contributed by atoms with Crippen molar-refractivity contribution in [2.24, 2.45) is 0 Å². The molecule has 3 heterocycles. The van der Waals surface area contributed by atoms with Crippen LogP contribution in [0.15, 0.2) is 54.7 Å². The Morgan fingerprint density at radius 3 is 2.73 bits per heavy atom. The summed E-state index contributed by atoms with van der Waals surface area (Å²) in [5.74, 6) is -0.491. The van der Waals surface area contributed by atoms with Crippen molar-refractivity contribution in [1.82, 2.24) is 35.8 Å². The molecule has 1 fully saturated rings. The lowest BCUT2D eigenvalue weighted by atomic mass is 10.0. The molecule has 2 aliphatic heterocycles. The SMILES string of the molecule is CN1C[C@@H]2C[C@H]1C(=O)N[C@@H](Cc1ccccc1)C(=O)NCc1cn(nn1)CCCOc1cc(Cl)ccc1C(=O)N2. The average Bonchev–Trinajstić information content (AvgIpc) is 3.55. The van der Waals surface area contributed by atoms with Gasteiger partial charge in [0, 0.05) is 37.0 Å². The molecule has 4 bridgehead atoms. The number of rotatable bonds is 2. The van der Waals surface area contributed by atoms with Gasteiger partial charge in [-0.15, -0.1) is 5.10 Å². The fraction of sp³-hybridized carbons (Fsp3) is 0.393. The van der Waals surface area contributed by atoms with Crippen LogP contribution in [0.25, 0.3) is 0 Å². The number of likely N-dealkylation sites (tertiary alicyclic amines) is 1. The summed E-state index contributed by atoms with van der Waals surface area (Å²) in [6.45, 7) is 1.53. The summed E-state index contributed by atoms with van der Waals surface area (Å²) < 4.78 is 7.60. The molecule has 3 aromatic rings. The topological polar surface area (TPSA) is 130 Å². The lowest BCUT2D eigenvalue weighted by Gasteiger charge is -2.23. The molecule has 2 aromatic carbocycles. The predicted octanol–water partition coefficient (Wildman–Crippen LogP) is 1.56. The van der Waals surface area contributed by atoms with E-state index in [0.29, 0.717) is 61.0 Å². The molecule has 40 heavy (non-hydrogen) atoms. The molecule has 3 amide bonds. The summed E-state index contributed by atoms with van der Waals surface area (Å²) in [5.41, 5.74) is 1.90. The van der Waals surface area contributed by atoms with Gasteiger partial charge in [-0.25, -0.2) is 0 Å². The highest BCUT2D eigenvalue weighted by Gasteiger charge is 2.37. The first-order valence-corrected chi connectivity index (χ1v) is 13.7. The molecule has 0 radical (unpaired) electrons. The number of nitrogens with zero attached hydrogens (tertiary/aromatic N) is 4. The predicted molar refractivity (Wildman–Crippen MR) is 148 cm³/mol. The van der Waals surface area contributed by atoms with E-state index < -0.39 is 12.1 Å².